The lowest BCUT2D eigenvalue weighted by Gasteiger charge is -2.39. The van der Waals surface area contributed by atoms with Gasteiger partial charge in [-0.15, -0.1) is 0 Å². The van der Waals surface area contributed by atoms with E-state index in [1.807, 2.05) is 18.2 Å². The maximum absolute atomic E-state index is 9.03. The normalized spacial score (nSPS) is 18.3. The topological polar surface area (TPSA) is 48.7 Å². The first-order valence-corrected chi connectivity index (χ1v) is 7.70. The Morgan fingerprint density at radius 3 is 2.45 bits per heavy atom. The van der Waals surface area contributed by atoms with Gasteiger partial charge in [-0.1, -0.05) is 12.1 Å². The minimum atomic E-state index is -0.156. The molecule has 2 rings (SSSR count). The van der Waals surface area contributed by atoms with Gasteiger partial charge in [-0.2, -0.15) is 5.26 Å². The molecule has 1 aliphatic heterocycles. The Morgan fingerprint density at radius 2 is 1.86 bits per heavy atom. The molecule has 120 valence electrons. The molecule has 0 saturated carbocycles. The third-order valence-electron chi connectivity index (χ3n) is 4.39. The quantitative estimate of drug-likeness (QED) is 0.751. The van der Waals surface area contributed by atoms with Gasteiger partial charge in [0.15, 0.2) is 6.29 Å². The van der Waals surface area contributed by atoms with E-state index in [0.29, 0.717) is 6.04 Å². The van der Waals surface area contributed by atoms with Gasteiger partial charge in [0.25, 0.3) is 0 Å². The van der Waals surface area contributed by atoms with Crippen LogP contribution in [0.5, 0.6) is 0 Å². The summed E-state index contributed by atoms with van der Waals surface area (Å²) in [5.41, 5.74) is 1.94. The summed E-state index contributed by atoms with van der Waals surface area (Å²) >= 11 is 0. The molecule has 0 radical (unpaired) electrons. The van der Waals surface area contributed by atoms with Crippen LogP contribution in [0.3, 0.4) is 0 Å². The Hall–Kier alpha value is -1.45. The van der Waals surface area contributed by atoms with Crippen molar-refractivity contribution in [3.8, 4) is 6.07 Å². The number of benzene rings is 1. The van der Waals surface area contributed by atoms with Crippen molar-refractivity contribution in [3.63, 3.8) is 0 Å². The highest BCUT2D eigenvalue weighted by atomic mass is 16.7. The van der Waals surface area contributed by atoms with Crippen LogP contribution in [0.25, 0.3) is 0 Å². The zero-order chi connectivity index (χ0) is 15.9. The standard InChI is InChI=1S/C17H25N3O2/c1-14(16-6-4-5-15(11-16)12-18)20-9-7-19(8-10-20)13-17(21-2)22-3/h4-6,11,14,17H,7-10,13H2,1-3H3. The number of hydrogen-bond donors (Lipinski definition) is 0. The van der Waals surface area contributed by atoms with Gasteiger partial charge in [-0.3, -0.25) is 9.80 Å². The number of methoxy groups -OCH3 is 2. The van der Waals surface area contributed by atoms with Crippen LogP contribution in [0.15, 0.2) is 24.3 Å². The zero-order valence-corrected chi connectivity index (χ0v) is 13.7. The molecule has 5 nitrogen and oxygen atoms in total. The smallest absolute Gasteiger partial charge is 0.169 e. The fourth-order valence-electron chi connectivity index (χ4n) is 2.87. The van der Waals surface area contributed by atoms with Gasteiger partial charge in [0.2, 0.25) is 0 Å². The van der Waals surface area contributed by atoms with Crippen molar-refractivity contribution in [2.45, 2.75) is 19.3 Å². The van der Waals surface area contributed by atoms with Crippen LogP contribution in [-0.2, 0) is 9.47 Å². The minimum Gasteiger partial charge on any atom is -0.355 e. The maximum atomic E-state index is 9.03. The van der Waals surface area contributed by atoms with Crippen LogP contribution < -0.4 is 0 Å². The molecule has 1 aliphatic rings. The summed E-state index contributed by atoms with van der Waals surface area (Å²) in [4.78, 5) is 4.83. The van der Waals surface area contributed by atoms with E-state index in [-0.39, 0.29) is 6.29 Å². The van der Waals surface area contributed by atoms with Gasteiger partial charge in [0, 0.05) is 53.0 Å². The first-order valence-electron chi connectivity index (χ1n) is 7.70. The molecule has 0 aliphatic carbocycles. The molecule has 0 spiro atoms. The third-order valence-corrected chi connectivity index (χ3v) is 4.39. The largest absolute Gasteiger partial charge is 0.355 e. The lowest BCUT2D eigenvalue weighted by Crippen LogP contribution is -2.49. The van der Waals surface area contributed by atoms with Crippen molar-refractivity contribution >= 4 is 0 Å². The van der Waals surface area contributed by atoms with E-state index >= 15 is 0 Å². The van der Waals surface area contributed by atoms with Gasteiger partial charge in [0.05, 0.1) is 11.6 Å². The van der Waals surface area contributed by atoms with E-state index in [0.717, 1.165) is 38.3 Å². The molecule has 0 N–H and O–H groups in total. The van der Waals surface area contributed by atoms with Crippen LogP contribution in [0, 0.1) is 11.3 Å². The lowest BCUT2D eigenvalue weighted by molar-refractivity contribution is -0.120. The second kappa shape index (κ2) is 8.25. The van der Waals surface area contributed by atoms with Gasteiger partial charge in [-0.25, -0.2) is 0 Å². The van der Waals surface area contributed by atoms with Crippen LogP contribution >= 0.6 is 0 Å². The molecule has 0 amide bonds. The zero-order valence-electron chi connectivity index (χ0n) is 13.7. The summed E-state index contributed by atoms with van der Waals surface area (Å²) in [7, 11) is 3.35. The summed E-state index contributed by atoms with van der Waals surface area (Å²) < 4.78 is 10.5. The Kier molecular flexibility index (Phi) is 6.34. The summed E-state index contributed by atoms with van der Waals surface area (Å²) in [6.07, 6.45) is -0.156. The maximum Gasteiger partial charge on any atom is 0.169 e. The van der Waals surface area contributed by atoms with Crippen molar-refractivity contribution in [2.24, 2.45) is 0 Å². The van der Waals surface area contributed by atoms with Crippen LogP contribution in [0.2, 0.25) is 0 Å². The molecule has 0 aromatic heterocycles. The Balaban J connectivity index is 1.89. The highest BCUT2D eigenvalue weighted by molar-refractivity contribution is 5.34. The Labute approximate surface area is 133 Å². The minimum absolute atomic E-state index is 0.156. The van der Waals surface area contributed by atoms with Crippen molar-refractivity contribution in [1.29, 1.82) is 5.26 Å². The average molecular weight is 303 g/mol. The van der Waals surface area contributed by atoms with Crippen LogP contribution in [0.1, 0.15) is 24.1 Å². The average Bonchev–Trinajstić information content (AvgIpc) is 2.59. The Bertz CT molecular complexity index is 503. The lowest BCUT2D eigenvalue weighted by atomic mass is 10.0. The first kappa shape index (κ1) is 16.9. The highest BCUT2D eigenvalue weighted by Gasteiger charge is 2.23. The highest BCUT2D eigenvalue weighted by Crippen LogP contribution is 2.22. The molecule has 22 heavy (non-hydrogen) atoms. The summed E-state index contributed by atoms with van der Waals surface area (Å²) in [6, 6.07) is 10.4. The van der Waals surface area contributed by atoms with E-state index in [1.54, 1.807) is 14.2 Å². The predicted octanol–water partition coefficient (Wildman–Crippen LogP) is 1.86. The third kappa shape index (κ3) is 4.28. The number of ether oxygens (including phenoxy) is 2. The second-order valence-electron chi connectivity index (χ2n) is 5.65. The van der Waals surface area contributed by atoms with E-state index in [4.69, 9.17) is 14.7 Å². The summed E-state index contributed by atoms with van der Waals surface area (Å²) in [5.74, 6) is 0. The van der Waals surface area contributed by atoms with Gasteiger partial charge in [0.1, 0.15) is 0 Å². The number of piperazine rings is 1. The molecule has 1 heterocycles. The molecular weight excluding hydrogens is 278 g/mol. The number of rotatable bonds is 6. The Morgan fingerprint density at radius 1 is 1.18 bits per heavy atom. The van der Waals surface area contributed by atoms with Gasteiger partial charge >= 0.3 is 0 Å². The number of hydrogen-bond acceptors (Lipinski definition) is 5. The SMILES string of the molecule is COC(CN1CCN(C(C)c2cccc(C#N)c2)CC1)OC. The van der Waals surface area contributed by atoms with Crippen molar-refractivity contribution in [2.75, 3.05) is 46.9 Å². The molecule has 1 aromatic rings. The molecule has 1 aromatic carbocycles. The van der Waals surface area contributed by atoms with Gasteiger partial charge < -0.3 is 9.47 Å². The summed E-state index contributed by atoms with van der Waals surface area (Å²) in [6.45, 7) is 7.05. The second-order valence-corrected chi connectivity index (χ2v) is 5.65. The monoisotopic (exact) mass is 303 g/mol. The van der Waals surface area contributed by atoms with E-state index in [1.165, 1.54) is 5.56 Å². The fraction of sp³-hybridized carbons (Fsp3) is 0.588. The van der Waals surface area contributed by atoms with E-state index < -0.39 is 0 Å². The van der Waals surface area contributed by atoms with Crippen LogP contribution in [0.4, 0.5) is 0 Å². The van der Waals surface area contributed by atoms with Crippen molar-refractivity contribution in [1.82, 2.24) is 9.80 Å². The predicted molar refractivity (Wildman–Crippen MR) is 85.4 cm³/mol. The van der Waals surface area contributed by atoms with Gasteiger partial charge in [-0.05, 0) is 24.6 Å². The fourth-order valence-corrected chi connectivity index (χ4v) is 2.87. The summed E-state index contributed by atoms with van der Waals surface area (Å²) in [5, 5.41) is 9.03. The molecule has 0 bridgehead atoms. The molecule has 1 unspecified atom stereocenters. The van der Waals surface area contributed by atoms with Crippen molar-refractivity contribution < 1.29 is 9.47 Å². The molecule has 1 atom stereocenters. The number of nitrogens with zero attached hydrogens (tertiary/aromatic N) is 3. The molecular formula is C17H25N3O2. The molecule has 1 fully saturated rings. The van der Waals surface area contributed by atoms with Crippen LogP contribution in [-0.4, -0.2) is 63.0 Å². The van der Waals surface area contributed by atoms with E-state index in [2.05, 4.69) is 28.9 Å². The van der Waals surface area contributed by atoms with Crippen molar-refractivity contribution in [3.05, 3.63) is 35.4 Å². The van der Waals surface area contributed by atoms with E-state index in [9.17, 15) is 0 Å². The molecule has 5 heteroatoms. The number of nitriles is 1. The molecule has 1 saturated heterocycles. The first-order chi connectivity index (χ1) is 10.7.